The van der Waals surface area contributed by atoms with Gasteiger partial charge in [0.1, 0.15) is 0 Å². The lowest BCUT2D eigenvalue weighted by Gasteiger charge is -2.17. The number of esters is 1. The van der Waals surface area contributed by atoms with Crippen molar-refractivity contribution in [2.24, 2.45) is 23.2 Å². The Morgan fingerprint density at radius 2 is 1.62 bits per heavy atom. The largest absolute Gasteiger partial charge is 0.465 e. The first kappa shape index (κ1) is 24.6. The fraction of sp³-hybridized carbons (Fsp3) is 0.826. The van der Waals surface area contributed by atoms with Crippen LogP contribution in [0.3, 0.4) is 0 Å². The molecule has 2 atom stereocenters. The van der Waals surface area contributed by atoms with Gasteiger partial charge in [-0.1, -0.05) is 20.8 Å². The molecule has 0 spiro atoms. The molecule has 1 aromatic heterocycles. The minimum Gasteiger partial charge on any atom is -0.465 e. The maximum atomic E-state index is 12.0. The highest BCUT2D eigenvalue weighted by Gasteiger charge is 2.50. The molecule has 2 aliphatic rings. The summed E-state index contributed by atoms with van der Waals surface area (Å²) in [6, 6.07) is 0. The number of aromatic amines is 1. The number of carbonyl (C=O) groups is 2. The van der Waals surface area contributed by atoms with E-state index in [1.54, 1.807) is 0 Å². The van der Waals surface area contributed by atoms with Crippen LogP contribution >= 0.6 is 0 Å². The predicted molar refractivity (Wildman–Crippen MR) is 118 cm³/mol. The van der Waals surface area contributed by atoms with Crippen LogP contribution in [0.1, 0.15) is 57.8 Å². The third kappa shape index (κ3) is 7.55. The molecule has 2 N–H and O–H groups in total. The summed E-state index contributed by atoms with van der Waals surface area (Å²) >= 11 is 0. The lowest BCUT2D eigenvalue weighted by atomic mass is 9.96. The zero-order chi connectivity index (χ0) is 23.0. The van der Waals surface area contributed by atoms with Gasteiger partial charge >= 0.3 is 5.97 Å². The van der Waals surface area contributed by atoms with Gasteiger partial charge in [0.25, 0.3) is 0 Å². The van der Waals surface area contributed by atoms with E-state index in [-0.39, 0.29) is 17.3 Å². The Morgan fingerprint density at radius 3 is 2.25 bits per heavy atom. The molecular weight excluding hydrogens is 412 g/mol. The molecule has 1 aromatic rings. The van der Waals surface area contributed by atoms with E-state index in [0.29, 0.717) is 70.2 Å². The lowest BCUT2D eigenvalue weighted by Crippen LogP contribution is -2.36. The minimum absolute atomic E-state index is 0.0143. The van der Waals surface area contributed by atoms with Crippen molar-refractivity contribution in [2.75, 3.05) is 39.6 Å². The molecule has 0 bridgehead atoms. The minimum atomic E-state index is -0.386. The summed E-state index contributed by atoms with van der Waals surface area (Å²) in [7, 11) is 0. The number of carbonyl (C=O) groups excluding carboxylic acids is 2. The average molecular weight is 451 g/mol. The van der Waals surface area contributed by atoms with E-state index < -0.39 is 0 Å². The summed E-state index contributed by atoms with van der Waals surface area (Å²) in [5, 5.41) is 14.0. The quantitative estimate of drug-likeness (QED) is 0.370. The van der Waals surface area contributed by atoms with Crippen molar-refractivity contribution in [1.82, 2.24) is 20.7 Å². The molecule has 1 heterocycles. The number of ether oxygens (including phenoxy) is 3. The van der Waals surface area contributed by atoms with E-state index in [9.17, 15) is 9.59 Å². The standard InChI is InChI=1S/C23H38N4O5/c1-23(2,3)22(29)24-10-12-31-14-13-30-11-4-5-21(28)32-15-18-16-6-8-19-20(26-27-25-19)9-7-17(16)18/h16-18H,4-15H2,1-3H3,(H,24,29)(H,25,26,27). The zero-order valence-electron chi connectivity index (χ0n) is 19.7. The Labute approximate surface area is 190 Å². The van der Waals surface area contributed by atoms with Crippen LogP contribution in [0.2, 0.25) is 0 Å². The second kappa shape index (κ2) is 11.7. The van der Waals surface area contributed by atoms with E-state index in [1.165, 1.54) is 0 Å². The number of amides is 1. The molecule has 0 aromatic carbocycles. The SMILES string of the molecule is CC(C)(C)C(=O)NCCOCCOCCCC(=O)OCC1C2CCc3n[nH]nc3CCC21. The normalized spacial score (nSPS) is 22.3. The fourth-order valence-electron chi connectivity index (χ4n) is 4.31. The first-order valence-electron chi connectivity index (χ1n) is 11.8. The highest BCUT2D eigenvalue weighted by atomic mass is 16.5. The Kier molecular flexibility index (Phi) is 9.04. The van der Waals surface area contributed by atoms with Gasteiger partial charge < -0.3 is 19.5 Å². The fourth-order valence-corrected chi connectivity index (χ4v) is 4.31. The van der Waals surface area contributed by atoms with Gasteiger partial charge in [-0.2, -0.15) is 15.4 Å². The number of aromatic nitrogens is 3. The molecule has 0 radical (unpaired) electrons. The molecular formula is C23H38N4O5. The number of fused-ring (bicyclic) bond motifs is 2. The molecule has 9 nitrogen and oxygen atoms in total. The van der Waals surface area contributed by atoms with Gasteiger partial charge in [-0.05, 0) is 49.9 Å². The van der Waals surface area contributed by atoms with Crippen molar-refractivity contribution in [2.45, 2.75) is 59.3 Å². The molecule has 1 saturated carbocycles. The molecule has 2 unspecified atom stereocenters. The van der Waals surface area contributed by atoms with Gasteiger partial charge in [0, 0.05) is 25.0 Å². The zero-order valence-corrected chi connectivity index (χ0v) is 19.7. The monoisotopic (exact) mass is 450 g/mol. The number of rotatable bonds is 12. The van der Waals surface area contributed by atoms with Gasteiger partial charge in [0.2, 0.25) is 5.91 Å². The number of hydrogen-bond donors (Lipinski definition) is 2. The van der Waals surface area contributed by atoms with E-state index in [1.807, 2.05) is 20.8 Å². The number of aryl methyl sites for hydroxylation is 2. The van der Waals surface area contributed by atoms with Crippen LogP contribution in [0.4, 0.5) is 0 Å². The molecule has 3 rings (SSSR count). The van der Waals surface area contributed by atoms with Crippen LogP contribution < -0.4 is 5.32 Å². The van der Waals surface area contributed by atoms with Crippen LogP contribution in [0, 0.1) is 23.2 Å². The maximum absolute atomic E-state index is 12.0. The van der Waals surface area contributed by atoms with Crippen LogP contribution in [0.25, 0.3) is 0 Å². The van der Waals surface area contributed by atoms with E-state index in [0.717, 1.165) is 37.1 Å². The molecule has 1 amide bonds. The summed E-state index contributed by atoms with van der Waals surface area (Å²) in [6.45, 7) is 8.56. The van der Waals surface area contributed by atoms with Crippen molar-refractivity contribution in [3.63, 3.8) is 0 Å². The van der Waals surface area contributed by atoms with Crippen LogP contribution in [-0.4, -0.2) is 66.9 Å². The van der Waals surface area contributed by atoms with Crippen molar-refractivity contribution in [3.05, 3.63) is 11.4 Å². The van der Waals surface area contributed by atoms with Gasteiger partial charge in [-0.15, -0.1) is 0 Å². The lowest BCUT2D eigenvalue weighted by molar-refractivity contribution is -0.144. The molecule has 2 aliphatic carbocycles. The number of nitrogens with one attached hydrogen (secondary N) is 2. The Bertz CT molecular complexity index is 716. The average Bonchev–Trinajstić information content (AvgIpc) is 3.19. The van der Waals surface area contributed by atoms with Gasteiger partial charge in [0.05, 0.1) is 37.8 Å². The second-order valence-electron chi connectivity index (χ2n) is 9.80. The van der Waals surface area contributed by atoms with Crippen LogP contribution in [-0.2, 0) is 36.6 Å². The van der Waals surface area contributed by atoms with Crippen molar-refractivity contribution >= 4 is 11.9 Å². The predicted octanol–water partition coefficient (Wildman–Crippen LogP) is 2.06. The Hall–Kier alpha value is -2.00. The first-order chi connectivity index (χ1) is 15.4. The number of H-pyrrole nitrogens is 1. The van der Waals surface area contributed by atoms with Gasteiger partial charge in [0.15, 0.2) is 0 Å². The summed E-state index contributed by atoms with van der Waals surface area (Å²) in [4.78, 5) is 23.7. The van der Waals surface area contributed by atoms with E-state index in [2.05, 4.69) is 20.7 Å². The Balaban J connectivity index is 1.14. The topological polar surface area (TPSA) is 115 Å². The highest BCUT2D eigenvalue weighted by Crippen LogP contribution is 2.52. The van der Waals surface area contributed by atoms with E-state index in [4.69, 9.17) is 14.2 Å². The molecule has 0 saturated heterocycles. The van der Waals surface area contributed by atoms with Crippen molar-refractivity contribution in [3.8, 4) is 0 Å². The van der Waals surface area contributed by atoms with Crippen LogP contribution in [0.5, 0.6) is 0 Å². The number of hydrogen-bond acceptors (Lipinski definition) is 7. The third-order valence-corrected chi connectivity index (χ3v) is 6.33. The number of nitrogens with zero attached hydrogens (tertiary/aromatic N) is 2. The van der Waals surface area contributed by atoms with Gasteiger partial charge in [-0.3, -0.25) is 9.59 Å². The molecule has 0 aliphatic heterocycles. The summed E-state index contributed by atoms with van der Waals surface area (Å²) in [5.41, 5.74) is 1.81. The van der Waals surface area contributed by atoms with E-state index >= 15 is 0 Å². The highest BCUT2D eigenvalue weighted by molar-refractivity contribution is 5.81. The maximum Gasteiger partial charge on any atom is 0.305 e. The molecule has 32 heavy (non-hydrogen) atoms. The summed E-state index contributed by atoms with van der Waals surface area (Å²) in [6.07, 6.45) is 5.15. The van der Waals surface area contributed by atoms with Crippen LogP contribution in [0.15, 0.2) is 0 Å². The van der Waals surface area contributed by atoms with Crippen molar-refractivity contribution < 1.29 is 23.8 Å². The third-order valence-electron chi connectivity index (χ3n) is 6.33. The van der Waals surface area contributed by atoms with Gasteiger partial charge in [-0.25, -0.2) is 0 Å². The molecule has 180 valence electrons. The first-order valence-corrected chi connectivity index (χ1v) is 11.8. The Morgan fingerprint density at radius 1 is 1.00 bits per heavy atom. The second-order valence-corrected chi connectivity index (χ2v) is 9.80. The smallest absolute Gasteiger partial charge is 0.305 e. The summed E-state index contributed by atoms with van der Waals surface area (Å²) in [5.74, 6) is 1.66. The summed E-state index contributed by atoms with van der Waals surface area (Å²) < 4.78 is 16.5. The van der Waals surface area contributed by atoms with Crippen molar-refractivity contribution in [1.29, 1.82) is 0 Å². The molecule has 1 fully saturated rings. The molecule has 9 heteroatoms.